The molecule has 0 fully saturated rings. The lowest BCUT2D eigenvalue weighted by atomic mass is 10.0. The number of aromatic nitrogens is 1. The van der Waals surface area contributed by atoms with Crippen molar-refractivity contribution in [1.82, 2.24) is 15.6 Å². The van der Waals surface area contributed by atoms with Crippen LogP contribution < -0.4 is 16.2 Å². The summed E-state index contributed by atoms with van der Waals surface area (Å²) in [5, 5.41) is 16.1. The van der Waals surface area contributed by atoms with Crippen LogP contribution in [0.1, 0.15) is 25.8 Å². The quantitative estimate of drug-likeness (QED) is 0.653. The summed E-state index contributed by atoms with van der Waals surface area (Å²) in [6.45, 7) is 4.38. The van der Waals surface area contributed by atoms with Gasteiger partial charge in [-0.05, 0) is 17.5 Å². The van der Waals surface area contributed by atoms with Gasteiger partial charge in [-0.3, -0.25) is 4.79 Å². The number of aromatic amines is 1. The third-order valence-corrected chi connectivity index (χ3v) is 4.05. The maximum Gasteiger partial charge on any atom is 0.315 e. The van der Waals surface area contributed by atoms with Crippen LogP contribution in [0.4, 0.5) is 4.79 Å². The number of benzene rings is 1. The Morgan fingerprint density at radius 1 is 1.30 bits per heavy atom. The summed E-state index contributed by atoms with van der Waals surface area (Å²) in [4.78, 5) is 26.2. The van der Waals surface area contributed by atoms with Crippen molar-refractivity contribution in [2.45, 2.75) is 32.9 Å². The summed E-state index contributed by atoms with van der Waals surface area (Å²) >= 11 is 0. The van der Waals surface area contributed by atoms with Crippen molar-refractivity contribution in [3.8, 4) is 0 Å². The second-order valence-corrected chi connectivity index (χ2v) is 5.72. The number of pyridine rings is 1. The molecule has 2 unspecified atom stereocenters. The molecule has 2 atom stereocenters. The number of rotatable bonds is 6. The second-order valence-electron chi connectivity index (χ2n) is 5.72. The Morgan fingerprint density at radius 2 is 2.04 bits per heavy atom. The molecule has 4 N–H and O–H groups in total. The van der Waals surface area contributed by atoms with Gasteiger partial charge in [-0.15, -0.1) is 0 Å². The number of fused-ring (bicyclic) bond motifs is 1. The van der Waals surface area contributed by atoms with Crippen LogP contribution in [0.15, 0.2) is 35.1 Å². The van der Waals surface area contributed by atoms with Gasteiger partial charge in [0.15, 0.2) is 0 Å². The minimum atomic E-state index is -0.564. The molecule has 0 aliphatic rings. The van der Waals surface area contributed by atoms with E-state index >= 15 is 0 Å². The molecule has 124 valence electrons. The minimum absolute atomic E-state index is 0.131. The molecule has 2 amide bonds. The summed E-state index contributed by atoms with van der Waals surface area (Å²) in [5.41, 5.74) is 1.29. The zero-order chi connectivity index (χ0) is 16.8. The lowest BCUT2D eigenvalue weighted by molar-refractivity contribution is 0.114. The highest BCUT2D eigenvalue weighted by Gasteiger charge is 2.13. The first-order chi connectivity index (χ1) is 11.0. The number of carbonyl (C=O) groups excluding carboxylic acids is 1. The molecule has 0 bridgehead atoms. The summed E-state index contributed by atoms with van der Waals surface area (Å²) in [5.74, 6) is 0.131. The average Bonchev–Trinajstić information content (AvgIpc) is 2.56. The topological polar surface area (TPSA) is 94.2 Å². The van der Waals surface area contributed by atoms with Crippen LogP contribution in [-0.2, 0) is 6.54 Å². The van der Waals surface area contributed by atoms with Crippen molar-refractivity contribution in [1.29, 1.82) is 0 Å². The van der Waals surface area contributed by atoms with E-state index in [4.69, 9.17) is 0 Å². The van der Waals surface area contributed by atoms with Crippen molar-refractivity contribution in [2.24, 2.45) is 5.92 Å². The number of para-hydroxylation sites is 1. The fourth-order valence-corrected chi connectivity index (χ4v) is 2.33. The Hall–Kier alpha value is -2.34. The first-order valence-corrected chi connectivity index (χ1v) is 7.82. The molecule has 23 heavy (non-hydrogen) atoms. The molecule has 6 heteroatoms. The van der Waals surface area contributed by atoms with Crippen LogP contribution in [0.5, 0.6) is 0 Å². The van der Waals surface area contributed by atoms with E-state index in [9.17, 15) is 14.7 Å². The standard InChI is InChI=1S/C17H23N3O3/c1-3-11(2)15(21)10-19-17(23)18-9-12-8-16(22)20-14-7-5-4-6-13(12)14/h4-8,11,15,21H,3,9-10H2,1-2H3,(H,20,22)(H2,18,19,23). The predicted octanol–water partition coefficient (Wildman–Crippen LogP) is 1.73. The van der Waals surface area contributed by atoms with Gasteiger partial charge in [0.25, 0.3) is 0 Å². The van der Waals surface area contributed by atoms with Gasteiger partial charge >= 0.3 is 6.03 Å². The summed E-state index contributed by atoms with van der Waals surface area (Å²) < 4.78 is 0. The molecule has 0 spiro atoms. The molecule has 0 aliphatic carbocycles. The Kier molecular flexibility index (Phi) is 5.76. The molecule has 1 aromatic carbocycles. The van der Waals surface area contributed by atoms with Crippen molar-refractivity contribution in [3.63, 3.8) is 0 Å². The molecule has 2 rings (SSSR count). The highest BCUT2D eigenvalue weighted by molar-refractivity contribution is 5.82. The van der Waals surface area contributed by atoms with Crippen molar-refractivity contribution in [2.75, 3.05) is 6.54 Å². The third-order valence-electron chi connectivity index (χ3n) is 4.05. The van der Waals surface area contributed by atoms with Gasteiger partial charge in [-0.25, -0.2) is 4.79 Å². The third kappa shape index (κ3) is 4.56. The van der Waals surface area contributed by atoms with Gasteiger partial charge in [0.2, 0.25) is 5.56 Å². The van der Waals surface area contributed by atoms with Crippen LogP contribution in [0.3, 0.4) is 0 Å². The van der Waals surface area contributed by atoms with Crippen molar-refractivity contribution >= 4 is 16.9 Å². The van der Waals surface area contributed by atoms with E-state index in [1.54, 1.807) is 0 Å². The number of amides is 2. The fraction of sp³-hybridized carbons (Fsp3) is 0.412. The summed E-state index contributed by atoms with van der Waals surface area (Å²) in [6, 6.07) is 8.56. The number of nitrogens with one attached hydrogen (secondary N) is 3. The van der Waals surface area contributed by atoms with Crippen molar-refractivity contribution < 1.29 is 9.90 Å². The van der Waals surface area contributed by atoms with E-state index in [1.807, 2.05) is 38.1 Å². The maximum atomic E-state index is 11.8. The Labute approximate surface area is 134 Å². The summed E-state index contributed by atoms with van der Waals surface area (Å²) in [7, 11) is 0. The largest absolute Gasteiger partial charge is 0.391 e. The van der Waals surface area contributed by atoms with Crippen molar-refractivity contribution in [3.05, 3.63) is 46.2 Å². The number of aliphatic hydroxyl groups excluding tert-OH is 1. The van der Waals surface area contributed by atoms with Gasteiger partial charge in [-0.2, -0.15) is 0 Å². The molecule has 0 radical (unpaired) electrons. The Bertz CT molecular complexity index is 726. The number of aliphatic hydroxyl groups is 1. The fourth-order valence-electron chi connectivity index (χ4n) is 2.33. The minimum Gasteiger partial charge on any atom is -0.391 e. The first kappa shape index (κ1) is 17.0. The Balaban J connectivity index is 1.96. The number of hydrogen-bond donors (Lipinski definition) is 4. The van der Waals surface area contributed by atoms with Crippen LogP contribution in [0, 0.1) is 5.92 Å². The molecule has 2 aromatic rings. The lowest BCUT2D eigenvalue weighted by Crippen LogP contribution is -2.41. The molecule has 1 aromatic heterocycles. The van der Waals surface area contributed by atoms with Gasteiger partial charge < -0.3 is 20.7 Å². The smallest absolute Gasteiger partial charge is 0.315 e. The maximum absolute atomic E-state index is 11.8. The SMILES string of the molecule is CCC(C)C(O)CNC(=O)NCc1cc(=O)[nH]c2ccccc12. The zero-order valence-corrected chi connectivity index (χ0v) is 13.4. The van der Waals surface area contributed by atoms with E-state index in [1.165, 1.54) is 6.07 Å². The van der Waals surface area contributed by atoms with Crippen LogP contribution in [0.2, 0.25) is 0 Å². The molecular weight excluding hydrogens is 294 g/mol. The van der Waals surface area contributed by atoms with E-state index in [0.717, 1.165) is 22.9 Å². The van der Waals surface area contributed by atoms with Gasteiger partial charge in [0.1, 0.15) is 0 Å². The predicted molar refractivity (Wildman–Crippen MR) is 90.3 cm³/mol. The summed E-state index contributed by atoms with van der Waals surface area (Å²) in [6.07, 6.45) is 0.287. The van der Waals surface area contributed by atoms with Crippen LogP contribution in [-0.4, -0.2) is 28.8 Å². The number of urea groups is 1. The normalized spacial score (nSPS) is 13.5. The highest BCUT2D eigenvalue weighted by Crippen LogP contribution is 2.14. The van der Waals surface area contributed by atoms with E-state index in [-0.39, 0.29) is 30.6 Å². The molecule has 0 saturated carbocycles. The zero-order valence-electron chi connectivity index (χ0n) is 13.4. The Morgan fingerprint density at radius 3 is 2.78 bits per heavy atom. The molecule has 6 nitrogen and oxygen atoms in total. The van der Waals surface area contributed by atoms with Gasteiger partial charge in [0, 0.05) is 30.1 Å². The first-order valence-electron chi connectivity index (χ1n) is 7.82. The number of hydrogen-bond acceptors (Lipinski definition) is 3. The molecular formula is C17H23N3O3. The number of H-pyrrole nitrogens is 1. The second kappa shape index (κ2) is 7.78. The van der Waals surface area contributed by atoms with Crippen LogP contribution in [0.25, 0.3) is 10.9 Å². The molecule has 1 heterocycles. The number of carbonyl (C=O) groups is 1. The molecule has 0 aliphatic heterocycles. The van der Waals surface area contributed by atoms with E-state index in [2.05, 4.69) is 15.6 Å². The van der Waals surface area contributed by atoms with Gasteiger partial charge in [0.05, 0.1) is 6.10 Å². The van der Waals surface area contributed by atoms with Gasteiger partial charge in [-0.1, -0.05) is 38.5 Å². The molecule has 0 saturated heterocycles. The van der Waals surface area contributed by atoms with Crippen LogP contribution >= 0.6 is 0 Å². The van der Waals surface area contributed by atoms with E-state index < -0.39 is 6.10 Å². The lowest BCUT2D eigenvalue weighted by Gasteiger charge is -2.17. The van der Waals surface area contributed by atoms with E-state index in [0.29, 0.717) is 0 Å². The monoisotopic (exact) mass is 317 g/mol. The highest BCUT2D eigenvalue weighted by atomic mass is 16.3. The average molecular weight is 317 g/mol.